The Balaban J connectivity index is 2.75. The topological polar surface area (TPSA) is 33.4 Å². The van der Waals surface area contributed by atoms with Gasteiger partial charge in [-0.15, -0.1) is 6.42 Å². The van der Waals surface area contributed by atoms with Gasteiger partial charge < -0.3 is 9.52 Å². The first kappa shape index (κ1) is 11.1. The van der Waals surface area contributed by atoms with E-state index in [0.29, 0.717) is 6.42 Å². The Hall–Kier alpha value is -0.983. The Kier molecular flexibility index (Phi) is 3.20. The van der Waals surface area contributed by atoms with Gasteiger partial charge in [0.05, 0.1) is 5.38 Å². The molecule has 0 aliphatic heterocycles. The second kappa shape index (κ2) is 4.03. The summed E-state index contributed by atoms with van der Waals surface area (Å²) in [6.07, 6.45) is 4.74. The number of aliphatic hydroxyl groups is 1. The van der Waals surface area contributed by atoms with Gasteiger partial charge in [-0.2, -0.15) is 0 Å². The second-order valence-corrected chi connectivity index (χ2v) is 9.40. The van der Waals surface area contributed by atoms with E-state index in [2.05, 4.69) is 25.6 Å². The van der Waals surface area contributed by atoms with Gasteiger partial charge >= 0.3 is 0 Å². The molecule has 1 aromatic heterocycles. The van der Waals surface area contributed by atoms with Gasteiger partial charge in [0.2, 0.25) is 0 Å². The van der Waals surface area contributed by atoms with E-state index in [-0.39, 0.29) is 0 Å². The highest BCUT2D eigenvalue weighted by atomic mass is 28.3. The summed E-state index contributed by atoms with van der Waals surface area (Å²) < 4.78 is 5.63. The number of rotatable bonds is 3. The van der Waals surface area contributed by atoms with Crippen molar-refractivity contribution >= 4 is 13.5 Å². The van der Waals surface area contributed by atoms with Crippen molar-refractivity contribution in [2.75, 3.05) is 0 Å². The van der Waals surface area contributed by atoms with Crippen LogP contribution in [-0.2, 0) is 6.42 Å². The quantitative estimate of drug-likeness (QED) is 0.601. The molecule has 0 aliphatic rings. The van der Waals surface area contributed by atoms with E-state index < -0.39 is 14.2 Å². The summed E-state index contributed by atoms with van der Waals surface area (Å²) in [5.74, 6) is 3.04. The molecule has 1 N–H and O–H groups in total. The van der Waals surface area contributed by atoms with E-state index >= 15 is 0 Å². The van der Waals surface area contributed by atoms with Crippen molar-refractivity contribution in [1.29, 1.82) is 0 Å². The molecule has 3 heteroatoms. The highest BCUT2D eigenvalue weighted by Gasteiger charge is 2.21. The van der Waals surface area contributed by atoms with Crippen molar-refractivity contribution in [2.24, 2.45) is 0 Å². The number of hydrogen-bond donors (Lipinski definition) is 1. The SMILES string of the molecule is C#CC(O)Cc1ccc([Si](C)(C)C)o1. The van der Waals surface area contributed by atoms with Crippen molar-refractivity contribution in [3.63, 3.8) is 0 Å². The average Bonchev–Trinajstić information content (AvgIpc) is 2.51. The molecular weight excluding hydrogens is 192 g/mol. The van der Waals surface area contributed by atoms with Gasteiger partial charge in [0, 0.05) is 6.42 Å². The maximum Gasteiger partial charge on any atom is 0.123 e. The fourth-order valence-electron chi connectivity index (χ4n) is 1.14. The number of hydrogen-bond acceptors (Lipinski definition) is 2. The molecule has 0 spiro atoms. The number of furan rings is 1. The van der Waals surface area contributed by atoms with Crippen LogP contribution in [-0.4, -0.2) is 19.3 Å². The zero-order valence-electron chi connectivity index (χ0n) is 8.87. The Morgan fingerprint density at radius 1 is 1.50 bits per heavy atom. The van der Waals surface area contributed by atoms with Gasteiger partial charge in [0.15, 0.2) is 0 Å². The van der Waals surface area contributed by atoms with Crippen LogP contribution in [0.3, 0.4) is 0 Å². The molecule has 0 saturated carbocycles. The lowest BCUT2D eigenvalue weighted by Gasteiger charge is -2.11. The maximum absolute atomic E-state index is 9.24. The van der Waals surface area contributed by atoms with E-state index in [1.165, 1.54) is 0 Å². The molecule has 1 unspecified atom stereocenters. The summed E-state index contributed by atoms with van der Waals surface area (Å²) in [4.78, 5) is 0. The van der Waals surface area contributed by atoms with Crippen molar-refractivity contribution in [3.05, 3.63) is 17.9 Å². The zero-order valence-corrected chi connectivity index (χ0v) is 9.87. The monoisotopic (exact) mass is 208 g/mol. The molecule has 14 heavy (non-hydrogen) atoms. The van der Waals surface area contributed by atoms with Gasteiger partial charge in [0.1, 0.15) is 19.9 Å². The molecule has 0 amide bonds. The highest BCUT2D eigenvalue weighted by molar-refractivity contribution is 6.87. The summed E-state index contributed by atoms with van der Waals surface area (Å²) in [5, 5.41) is 10.3. The first-order chi connectivity index (χ1) is 6.43. The Labute approximate surface area is 86.0 Å². The third kappa shape index (κ3) is 2.76. The normalized spacial score (nSPS) is 13.6. The largest absolute Gasteiger partial charge is 0.471 e. The third-order valence-corrected chi connectivity index (χ3v) is 3.73. The van der Waals surface area contributed by atoms with Crippen LogP contribution in [0.2, 0.25) is 19.6 Å². The molecule has 0 aliphatic carbocycles. The van der Waals surface area contributed by atoms with E-state index in [0.717, 1.165) is 11.1 Å². The molecule has 1 heterocycles. The first-order valence-corrected chi connectivity index (χ1v) is 8.17. The number of terminal acetylenes is 1. The third-order valence-electron chi connectivity index (χ3n) is 1.99. The zero-order chi connectivity index (χ0) is 10.8. The highest BCUT2D eigenvalue weighted by Crippen LogP contribution is 2.08. The Morgan fingerprint density at radius 3 is 2.57 bits per heavy atom. The van der Waals surface area contributed by atoms with Gasteiger partial charge in [0.25, 0.3) is 0 Å². The molecule has 1 aromatic rings. The van der Waals surface area contributed by atoms with Crippen molar-refractivity contribution < 1.29 is 9.52 Å². The van der Waals surface area contributed by atoms with Crippen molar-refractivity contribution in [3.8, 4) is 12.3 Å². The fraction of sp³-hybridized carbons (Fsp3) is 0.455. The van der Waals surface area contributed by atoms with E-state index in [4.69, 9.17) is 10.8 Å². The van der Waals surface area contributed by atoms with Crippen LogP contribution in [0.25, 0.3) is 0 Å². The van der Waals surface area contributed by atoms with Crippen LogP contribution in [0.4, 0.5) is 0 Å². The molecular formula is C11H16O2Si. The smallest absolute Gasteiger partial charge is 0.123 e. The fourth-order valence-corrected chi connectivity index (χ4v) is 2.16. The minimum atomic E-state index is -1.37. The van der Waals surface area contributed by atoms with Crippen molar-refractivity contribution in [2.45, 2.75) is 32.2 Å². The van der Waals surface area contributed by atoms with E-state index in [1.807, 2.05) is 12.1 Å². The van der Waals surface area contributed by atoms with Crippen LogP contribution >= 0.6 is 0 Å². The summed E-state index contributed by atoms with van der Waals surface area (Å²) in [6.45, 7) is 6.65. The molecule has 1 rings (SSSR count). The van der Waals surface area contributed by atoms with Crippen LogP contribution in [0.15, 0.2) is 16.5 Å². The van der Waals surface area contributed by atoms with Crippen LogP contribution in [0, 0.1) is 12.3 Å². The molecule has 0 radical (unpaired) electrons. The lowest BCUT2D eigenvalue weighted by Crippen LogP contribution is -2.36. The maximum atomic E-state index is 9.24. The number of aliphatic hydroxyl groups excluding tert-OH is 1. The van der Waals surface area contributed by atoms with E-state index in [9.17, 15) is 5.11 Å². The Morgan fingerprint density at radius 2 is 2.14 bits per heavy atom. The van der Waals surface area contributed by atoms with Gasteiger partial charge in [-0.05, 0) is 12.1 Å². The molecule has 0 saturated heterocycles. The minimum Gasteiger partial charge on any atom is -0.471 e. The van der Waals surface area contributed by atoms with Gasteiger partial charge in [-0.3, -0.25) is 0 Å². The molecule has 2 nitrogen and oxygen atoms in total. The van der Waals surface area contributed by atoms with E-state index in [1.54, 1.807) is 0 Å². The van der Waals surface area contributed by atoms with Crippen LogP contribution < -0.4 is 5.38 Å². The molecule has 1 atom stereocenters. The average molecular weight is 208 g/mol. The lowest BCUT2D eigenvalue weighted by molar-refractivity contribution is 0.225. The summed E-state index contributed by atoms with van der Waals surface area (Å²) in [7, 11) is -1.37. The standard InChI is InChI=1S/C11H16O2Si/c1-5-9(12)8-10-6-7-11(13-10)14(2,3)4/h1,6-7,9,12H,8H2,2-4H3. The predicted molar refractivity (Wildman–Crippen MR) is 60.2 cm³/mol. The molecule has 0 bridgehead atoms. The van der Waals surface area contributed by atoms with Crippen LogP contribution in [0.5, 0.6) is 0 Å². The van der Waals surface area contributed by atoms with Crippen LogP contribution in [0.1, 0.15) is 5.76 Å². The second-order valence-electron chi connectivity index (χ2n) is 4.40. The first-order valence-electron chi connectivity index (χ1n) is 4.67. The summed E-state index contributed by atoms with van der Waals surface area (Å²) >= 11 is 0. The van der Waals surface area contributed by atoms with Gasteiger partial charge in [-0.25, -0.2) is 0 Å². The minimum absolute atomic E-state index is 0.404. The summed E-state index contributed by atoms with van der Waals surface area (Å²) in [6, 6.07) is 3.89. The summed E-state index contributed by atoms with van der Waals surface area (Å²) in [5.41, 5.74) is 0. The molecule has 0 aromatic carbocycles. The molecule has 0 fully saturated rings. The Bertz CT molecular complexity index is 341. The lowest BCUT2D eigenvalue weighted by atomic mass is 10.2. The molecule has 76 valence electrons. The van der Waals surface area contributed by atoms with Crippen molar-refractivity contribution in [1.82, 2.24) is 0 Å². The predicted octanol–water partition coefficient (Wildman–Crippen LogP) is 1.36. The van der Waals surface area contributed by atoms with Gasteiger partial charge in [-0.1, -0.05) is 25.6 Å².